The number of nitrogens with two attached hydrogens (primary N) is 1. The largest absolute Gasteiger partial charge is 0.376 e. The molecule has 0 radical (unpaired) electrons. The smallest absolute Gasteiger partial charge is 0.236 e. The zero-order chi connectivity index (χ0) is 11.3. The molecule has 0 aromatic rings. The van der Waals surface area contributed by atoms with E-state index in [0.717, 1.165) is 26.0 Å². The highest BCUT2D eigenvalue weighted by Gasteiger charge is 2.23. The standard InChI is InChI=1S/C11H22N2O2/c1-9(2)8-15-10-4-3-5-13(7-10)11(14)6-12/h9-10H,3-8,12H2,1-2H3. The van der Waals surface area contributed by atoms with E-state index >= 15 is 0 Å². The molecule has 1 aliphatic rings. The van der Waals surface area contributed by atoms with E-state index in [1.807, 2.05) is 4.90 Å². The van der Waals surface area contributed by atoms with Crippen molar-refractivity contribution < 1.29 is 9.53 Å². The molecule has 2 N–H and O–H groups in total. The first-order valence-electron chi connectivity index (χ1n) is 5.73. The topological polar surface area (TPSA) is 55.6 Å². The Balaban J connectivity index is 2.32. The van der Waals surface area contributed by atoms with Crippen LogP contribution in [0, 0.1) is 5.92 Å². The molecule has 15 heavy (non-hydrogen) atoms. The summed E-state index contributed by atoms with van der Waals surface area (Å²) in [7, 11) is 0. The average Bonchev–Trinajstić information content (AvgIpc) is 2.25. The number of rotatable bonds is 4. The summed E-state index contributed by atoms with van der Waals surface area (Å²) in [5, 5.41) is 0. The Bertz CT molecular complexity index is 207. The Morgan fingerprint density at radius 1 is 1.60 bits per heavy atom. The lowest BCUT2D eigenvalue weighted by Gasteiger charge is -2.32. The first kappa shape index (κ1) is 12.5. The van der Waals surface area contributed by atoms with Crippen molar-refractivity contribution in [2.24, 2.45) is 11.7 Å². The van der Waals surface area contributed by atoms with Crippen LogP contribution in [-0.4, -0.2) is 43.2 Å². The third-order valence-corrected chi connectivity index (χ3v) is 2.57. The number of carbonyl (C=O) groups excluding carboxylic acids is 1. The Labute approximate surface area is 91.8 Å². The average molecular weight is 214 g/mol. The van der Waals surface area contributed by atoms with Gasteiger partial charge in [-0.15, -0.1) is 0 Å². The predicted octanol–water partition coefficient (Wildman–Crippen LogP) is 0.609. The van der Waals surface area contributed by atoms with Gasteiger partial charge in [-0.2, -0.15) is 0 Å². The van der Waals surface area contributed by atoms with Crippen molar-refractivity contribution in [3.8, 4) is 0 Å². The van der Waals surface area contributed by atoms with Gasteiger partial charge in [0.15, 0.2) is 0 Å². The molecule has 0 spiro atoms. The second-order valence-corrected chi connectivity index (χ2v) is 4.54. The fourth-order valence-corrected chi connectivity index (χ4v) is 1.76. The van der Waals surface area contributed by atoms with Gasteiger partial charge in [-0.3, -0.25) is 4.79 Å². The number of carbonyl (C=O) groups is 1. The van der Waals surface area contributed by atoms with Crippen LogP contribution in [-0.2, 0) is 9.53 Å². The van der Waals surface area contributed by atoms with Crippen molar-refractivity contribution in [3.05, 3.63) is 0 Å². The molecule has 0 bridgehead atoms. The Kier molecular flexibility index (Phi) is 5.05. The van der Waals surface area contributed by atoms with Gasteiger partial charge in [-0.05, 0) is 18.8 Å². The highest BCUT2D eigenvalue weighted by Crippen LogP contribution is 2.14. The molecule has 1 fully saturated rings. The highest BCUT2D eigenvalue weighted by molar-refractivity contribution is 5.78. The summed E-state index contributed by atoms with van der Waals surface area (Å²) in [6.45, 7) is 6.68. The van der Waals surface area contributed by atoms with Gasteiger partial charge in [0, 0.05) is 19.7 Å². The van der Waals surface area contributed by atoms with Gasteiger partial charge in [-0.1, -0.05) is 13.8 Å². The van der Waals surface area contributed by atoms with E-state index in [4.69, 9.17) is 10.5 Å². The van der Waals surface area contributed by atoms with Crippen LogP contribution in [0.25, 0.3) is 0 Å². The molecule has 1 atom stereocenters. The van der Waals surface area contributed by atoms with Crippen LogP contribution >= 0.6 is 0 Å². The second kappa shape index (κ2) is 6.08. The third kappa shape index (κ3) is 4.18. The first-order chi connectivity index (χ1) is 7.13. The molecule has 0 aromatic carbocycles. The van der Waals surface area contributed by atoms with Crippen LogP contribution in [0.1, 0.15) is 26.7 Å². The minimum atomic E-state index is 0.0350. The van der Waals surface area contributed by atoms with Gasteiger partial charge in [0.1, 0.15) is 0 Å². The Morgan fingerprint density at radius 3 is 2.93 bits per heavy atom. The lowest BCUT2D eigenvalue weighted by atomic mass is 10.1. The van der Waals surface area contributed by atoms with E-state index in [1.54, 1.807) is 0 Å². The van der Waals surface area contributed by atoms with Crippen LogP contribution in [0.15, 0.2) is 0 Å². The number of nitrogens with zero attached hydrogens (tertiary/aromatic N) is 1. The molecule has 0 saturated carbocycles. The molecule has 1 saturated heterocycles. The number of amides is 1. The third-order valence-electron chi connectivity index (χ3n) is 2.57. The lowest BCUT2D eigenvalue weighted by Crippen LogP contribution is -2.45. The Hall–Kier alpha value is -0.610. The molecule has 1 unspecified atom stereocenters. The summed E-state index contributed by atoms with van der Waals surface area (Å²) in [4.78, 5) is 13.2. The monoisotopic (exact) mass is 214 g/mol. The van der Waals surface area contributed by atoms with E-state index in [2.05, 4.69) is 13.8 Å². The molecule has 0 aliphatic carbocycles. The fourth-order valence-electron chi connectivity index (χ4n) is 1.76. The van der Waals surface area contributed by atoms with E-state index in [-0.39, 0.29) is 18.6 Å². The number of hydrogen-bond donors (Lipinski definition) is 1. The molecule has 0 aromatic heterocycles. The van der Waals surface area contributed by atoms with Crippen molar-refractivity contribution in [2.45, 2.75) is 32.8 Å². The van der Waals surface area contributed by atoms with Crippen LogP contribution in [0.3, 0.4) is 0 Å². The van der Waals surface area contributed by atoms with Crippen LogP contribution < -0.4 is 5.73 Å². The van der Waals surface area contributed by atoms with E-state index in [1.165, 1.54) is 0 Å². The van der Waals surface area contributed by atoms with Crippen molar-refractivity contribution >= 4 is 5.91 Å². The van der Waals surface area contributed by atoms with Crippen molar-refractivity contribution in [1.82, 2.24) is 4.90 Å². The quantitative estimate of drug-likeness (QED) is 0.746. The van der Waals surface area contributed by atoms with Crippen LogP contribution in [0.2, 0.25) is 0 Å². The maximum Gasteiger partial charge on any atom is 0.236 e. The van der Waals surface area contributed by atoms with Crippen LogP contribution in [0.4, 0.5) is 0 Å². The maximum absolute atomic E-state index is 11.4. The fraction of sp³-hybridized carbons (Fsp3) is 0.909. The van der Waals surface area contributed by atoms with Crippen LogP contribution in [0.5, 0.6) is 0 Å². The van der Waals surface area contributed by atoms with E-state index in [0.29, 0.717) is 12.5 Å². The maximum atomic E-state index is 11.4. The van der Waals surface area contributed by atoms with Gasteiger partial charge in [0.2, 0.25) is 5.91 Å². The number of piperidine rings is 1. The zero-order valence-corrected chi connectivity index (χ0v) is 9.74. The minimum Gasteiger partial charge on any atom is -0.376 e. The Morgan fingerprint density at radius 2 is 2.33 bits per heavy atom. The molecular weight excluding hydrogens is 192 g/mol. The zero-order valence-electron chi connectivity index (χ0n) is 9.74. The normalized spacial score (nSPS) is 22.1. The SMILES string of the molecule is CC(C)COC1CCCN(C(=O)CN)C1. The van der Waals surface area contributed by atoms with Crippen molar-refractivity contribution in [3.63, 3.8) is 0 Å². The van der Waals surface area contributed by atoms with Crippen molar-refractivity contribution in [1.29, 1.82) is 0 Å². The van der Waals surface area contributed by atoms with Gasteiger partial charge in [-0.25, -0.2) is 0 Å². The molecule has 1 heterocycles. The molecule has 1 amide bonds. The van der Waals surface area contributed by atoms with Gasteiger partial charge >= 0.3 is 0 Å². The summed E-state index contributed by atoms with van der Waals surface area (Å²) in [6, 6.07) is 0. The highest BCUT2D eigenvalue weighted by atomic mass is 16.5. The molecular formula is C11H22N2O2. The molecule has 4 nitrogen and oxygen atoms in total. The summed E-state index contributed by atoms with van der Waals surface area (Å²) >= 11 is 0. The van der Waals surface area contributed by atoms with E-state index in [9.17, 15) is 4.79 Å². The van der Waals surface area contributed by atoms with Gasteiger partial charge in [0.25, 0.3) is 0 Å². The predicted molar refractivity (Wildman–Crippen MR) is 59.4 cm³/mol. The molecule has 4 heteroatoms. The first-order valence-corrected chi connectivity index (χ1v) is 5.73. The summed E-state index contributed by atoms with van der Waals surface area (Å²) in [6.07, 6.45) is 2.28. The lowest BCUT2D eigenvalue weighted by molar-refractivity contribution is -0.134. The second-order valence-electron chi connectivity index (χ2n) is 4.54. The van der Waals surface area contributed by atoms with E-state index < -0.39 is 0 Å². The van der Waals surface area contributed by atoms with Gasteiger partial charge < -0.3 is 15.4 Å². The molecule has 1 aliphatic heterocycles. The minimum absolute atomic E-state index is 0.0350. The molecule has 1 rings (SSSR count). The summed E-state index contributed by atoms with van der Waals surface area (Å²) in [5.74, 6) is 0.582. The molecule has 88 valence electrons. The summed E-state index contributed by atoms with van der Waals surface area (Å²) < 4.78 is 5.73. The number of likely N-dealkylation sites (tertiary alicyclic amines) is 1. The van der Waals surface area contributed by atoms with Crippen molar-refractivity contribution in [2.75, 3.05) is 26.2 Å². The number of hydrogen-bond acceptors (Lipinski definition) is 3. The number of ether oxygens (including phenoxy) is 1. The summed E-state index contributed by atoms with van der Waals surface area (Å²) in [5.41, 5.74) is 5.34. The van der Waals surface area contributed by atoms with Gasteiger partial charge in [0.05, 0.1) is 12.6 Å².